The van der Waals surface area contributed by atoms with Crippen LogP contribution in [0.25, 0.3) is 6.08 Å². The van der Waals surface area contributed by atoms with Crippen LogP contribution in [-0.4, -0.2) is 23.3 Å². The number of hydrogen-bond acceptors (Lipinski definition) is 2. The number of hydrogen-bond donors (Lipinski definition) is 0. The number of carbonyl (C=O) groups excluding carboxylic acids is 2. The SMILES string of the molecule is O=C1c2ccccc2C(=O)N1C/C=C/c1cccc(F)c1. The van der Waals surface area contributed by atoms with Gasteiger partial charge in [0.15, 0.2) is 0 Å². The minimum atomic E-state index is -0.321. The van der Waals surface area contributed by atoms with Crippen molar-refractivity contribution in [1.82, 2.24) is 4.90 Å². The second-order valence-electron chi connectivity index (χ2n) is 4.72. The second kappa shape index (κ2) is 5.32. The van der Waals surface area contributed by atoms with E-state index in [9.17, 15) is 14.0 Å². The lowest BCUT2D eigenvalue weighted by Gasteiger charge is -2.10. The van der Waals surface area contributed by atoms with E-state index in [2.05, 4.69) is 0 Å². The molecule has 0 fully saturated rings. The molecule has 0 saturated heterocycles. The topological polar surface area (TPSA) is 37.4 Å². The van der Waals surface area contributed by atoms with E-state index in [4.69, 9.17) is 0 Å². The molecule has 3 nitrogen and oxygen atoms in total. The highest BCUT2D eigenvalue weighted by Crippen LogP contribution is 2.22. The Morgan fingerprint density at radius 1 is 0.952 bits per heavy atom. The number of benzene rings is 2. The fourth-order valence-corrected chi connectivity index (χ4v) is 2.31. The molecule has 0 aromatic heterocycles. The van der Waals surface area contributed by atoms with Crippen LogP contribution in [0.1, 0.15) is 26.3 Å². The Labute approximate surface area is 121 Å². The van der Waals surface area contributed by atoms with E-state index >= 15 is 0 Å². The van der Waals surface area contributed by atoms with Gasteiger partial charge in [0, 0.05) is 6.54 Å². The lowest BCUT2D eigenvalue weighted by molar-refractivity contribution is 0.0672. The summed E-state index contributed by atoms with van der Waals surface area (Å²) in [6.07, 6.45) is 3.36. The third kappa shape index (κ3) is 2.48. The van der Waals surface area contributed by atoms with Gasteiger partial charge in [0.25, 0.3) is 11.8 Å². The van der Waals surface area contributed by atoms with Gasteiger partial charge in [-0.3, -0.25) is 14.5 Å². The Hall–Kier alpha value is -2.75. The molecule has 0 atom stereocenters. The Morgan fingerprint density at radius 2 is 1.62 bits per heavy atom. The Balaban J connectivity index is 1.75. The van der Waals surface area contributed by atoms with E-state index in [0.29, 0.717) is 16.7 Å². The number of rotatable bonds is 3. The molecule has 3 rings (SSSR count). The van der Waals surface area contributed by atoms with Crippen LogP contribution >= 0.6 is 0 Å². The van der Waals surface area contributed by atoms with Gasteiger partial charge in [0.2, 0.25) is 0 Å². The molecule has 1 aliphatic rings. The maximum Gasteiger partial charge on any atom is 0.261 e. The smallest absolute Gasteiger partial charge is 0.261 e. The molecule has 0 unspecified atom stereocenters. The number of nitrogens with zero attached hydrogens (tertiary/aromatic N) is 1. The molecular formula is C17H12FNO2. The van der Waals surface area contributed by atoms with Gasteiger partial charge in [0.1, 0.15) is 5.82 Å². The third-order valence-corrected chi connectivity index (χ3v) is 3.33. The number of fused-ring (bicyclic) bond motifs is 1. The van der Waals surface area contributed by atoms with Crippen LogP contribution < -0.4 is 0 Å². The second-order valence-corrected chi connectivity index (χ2v) is 4.72. The first-order valence-electron chi connectivity index (χ1n) is 6.54. The minimum Gasteiger partial charge on any atom is -0.270 e. The maximum absolute atomic E-state index is 13.0. The van der Waals surface area contributed by atoms with Gasteiger partial charge in [-0.2, -0.15) is 0 Å². The zero-order chi connectivity index (χ0) is 14.8. The molecule has 2 aromatic carbocycles. The molecule has 2 aromatic rings. The predicted octanol–water partition coefficient (Wildman–Crippen LogP) is 3.14. The summed E-state index contributed by atoms with van der Waals surface area (Å²) in [4.78, 5) is 25.4. The van der Waals surface area contributed by atoms with Crippen molar-refractivity contribution in [3.63, 3.8) is 0 Å². The monoisotopic (exact) mass is 281 g/mol. The number of amides is 2. The summed E-state index contributed by atoms with van der Waals surface area (Å²) in [7, 11) is 0. The summed E-state index contributed by atoms with van der Waals surface area (Å²) < 4.78 is 13.0. The lowest BCUT2D eigenvalue weighted by atomic mass is 10.1. The quantitative estimate of drug-likeness (QED) is 0.810. The summed E-state index contributed by atoms with van der Waals surface area (Å²) >= 11 is 0. The molecule has 2 amide bonds. The Kier molecular flexibility index (Phi) is 3.36. The van der Waals surface area contributed by atoms with E-state index in [0.717, 1.165) is 0 Å². The normalized spacial score (nSPS) is 14.0. The minimum absolute atomic E-state index is 0.170. The third-order valence-electron chi connectivity index (χ3n) is 3.33. The first-order chi connectivity index (χ1) is 10.2. The molecule has 0 aliphatic carbocycles. The van der Waals surface area contributed by atoms with Crippen molar-refractivity contribution in [3.05, 3.63) is 77.1 Å². The van der Waals surface area contributed by atoms with Crippen LogP contribution in [0.2, 0.25) is 0 Å². The molecule has 0 saturated carbocycles. The van der Waals surface area contributed by atoms with Crippen LogP contribution in [0.15, 0.2) is 54.6 Å². The van der Waals surface area contributed by atoms with Gasteiger partial charge in [-0.05, 0) is 29.8 Å². The zero-order valence-electron chi connectivity index (χ0n) is 11.1. The summed E-state index contributed by atoms with van der Waals surface area (Å²) in [6.45, 7) is 0.170. The molecule has 0 bridgehead atoms. The van der Waals surface area contributed by atoms with Gasteiger partial charge >= 0.3 is 0 Å². The zero-order valence-corrected chi connectivity index (χ0v) is 11.1. The van der Waals surface area contributed by atoms with Gasteiger partial charge in [0.05, 0.1) is 11.1 Å². The molecule has 21 heavy (non-hydrogen) atoms. The number of halogens is 1. The summed E-state index contributed by atoms with van der Waals surface area (Å²) in [6, 6.07) is 12.9. The summed E-state index contributed by atoms with van der Waals surface area (Å²) in [5.41, 5.74) is 1.55. The largest absolute Gasteiger partial charge is 0.270 e. The molecule has 0 N–H and O–H groups in total. The van der Waals surface area contributed by atoms with Crippen LogP contribution in [-0.2, 0) is 0 Å². The average molecular weight is 281 g/mol. The van der Waals surface area contributed by atoms with Crippen LogP contribution in [0.3, 0.4) is 0 Å². The van der Waals surface area contributed by atoms with Crippen molar-refractivity contribution in [2.75, 3.05) is 6.54 Å². The van der Waals surface area contributed by atoms with Gasteiger partial charge in [-0.1, -0.05) is 36.4 Å². The summed E-state index contributed by atoms with van der Waals surface area (Å²) in [5.74, 6) is -0.906. The Morgan fingerprint density at radius 3 is 2.24 bits per heavy atom. The fourth-order valence-electron chi connectivity index (χ4n) is 2.31. The standard InChI is InChI=1S/C17H12FNO2/c18-13-7-3-5-12(11-13)6-4-10-19-16(20)14-8-1-2-9-15(14)17(19)21/h1-9,11H,10H2/b6-4+. The van der Waals surface area contributed by atoms with Gasteiger partial charge in [-0.15, -0.1) is 0 Å². The molecule has 0 radical (unpaired) electrons. The van der Waals surface area contributed by atoms with Crippen LogP contribution in [0, 0.1) is 5.82 Å². The fraction of sp³-hybridized carbons (Fsp3) is 0.0588. The van der Waals surface area contributed by atoms with Crippen molar-refractivity contribution >= 4 is 17.9 Å². The van der Waals surface area contributed by atoms with Gasteiger partial charge in [-0.25, -0.2) is 4.39 Å². The van der Waals surface area contributed by atoms with E-state index in [1.807, 2.05) is 0 Å². The molecule has 1 heterocycles. The lowest BCUT2D eigenvalue weighted by Crippen LogP contribution is -2.29. The van der Waals surface area contributed by atoms with Crippen LogP contribution in [0.5, 0.6) is 0 Å². The predicted molar refractivity (Wildman–Crippen MR) is 77.2 cm³/mol. The van der Waals surface area contributed by atoms with E-state index in [1.54, 1.807) is 48.6 Å². The molecule has 104 valence electrons. The average Bonchev–Trinajstić information content (AvgIpc) is 2.73. The van der Waals surface area contributed by atoms with Crippen molar-refractivity contribution in [2.24, 2.45) is 0 Å². The Bertz CT molecular complexity index is 717. The first kappa shape index (κ1) is 13.2. The number of imide groups is 1. The highest BCUT2D eigenvalue weighted by atomic mass is 19.1. The molecule has 0 spiro atoms. The van der Waals surface area contributed by atoms with E-state index in [1.165, 1.54) is 17.0 Å². The van der Waals surface area contributed by atoms with Gasteiger partial charge < -0.3 is 0 Å². The van der Waals surface area contributed by atoms with Crippen molar-refractivity contribution in [1.29, 1.82) is 0 Å². The highest BCUT2D eigenvalue weighted by molar-refractivity contribution is 6.21. The van der Waals surface area contributed by atoms with Crippen molar-refractivity contribution in [3.8, 4) is 0 Å². The molecular weight excluding hydrogens is 269 g/mol. The van der Waals surface area contributed by atoms with Crippen molar-refractivity contribution in [2.45, 2.75) is 0 Å². The first-order valence-corrected chi connectivity index (χ1v) is 6.54. The van der Waals surface area contributed by atoms with Crippen LogP contribution in [0.4, 0.5) is 4.39 Å². The molecule has 1 aliphatic heterocycles. The maximum atomic E-state index is 13.0. The van der Waals surface area contributed by atoms with E-state index in [-0.39, 0.29) is 24.2 Å². The summed E-state index contributed by atoms with van der Waals surface area (Å²) in [5, 5.41) is 0. The van der Waals surface area contributed by atoms with Crippen molar-refractivity contribution < 1.29 is 14.0 Å². The number of carbonyl (C=O) groups is 2. The molecule has 4 heteroatoms. The highest BCUT2D eigenvalue weighted by Gasteiger charge is 2.33. The van der Waals surface area contributed by atoms with E-state index < -0.39 is 0 Å².